The van der Waals surface area contributed by atoms with Crippen molar-refractivity contribution in [3.63, 3.8) is 0 Å². The van der Waals surface area contributed by atoms with Gasteiger partial charge in [-0.3, -0.25) is 38.4 Å². The molecule has 0 bridgehead atoms. The number of phenols is 1. The highest BCUT2D eigenvalue weighted by molar-refractivity contribution is 7.98. The Morgan fingerprint density at radius 1 is 0.726 bits per heavy atom. The van der Waals surface area contributed by atoms with E-state index in [2.05, 4.69) is 26.6 Å². The first kappa shape index (κ1) is 50.1. The number of carbonyl (C=O) groups is 9. The Bertz CT molecular complexity index is 1910. The van der Waals surface area contributed by atoms with E-state index in [0.717, 1.165) is 0 Å². The molecule has 0 radical (unpaired) electrons. The molecule has 1 heterocycles. The Morgan fingerprint density at radius 3 is 1.79 bits per heavy atom. The van der Waals surface area contributed by atoms with Crippen molar-refractivity contribution in [2.24, 2.45) is 17.2 Å². The van der Waals surface area contributed by atoms with Crippen molar-refractivity contribution in [2.45, 2.75) is 93.7 Å². The molecule has 0 aliphatic carbocycles. The second-order valence-corrected chi connectivity index (χ2v) is 15.6. The molecule has 0 saturated carbocycles. The normalized spacial score (nSPS) is 16.3. The number of benzene rings is 2. The monoisotopic (exact) mass is 885 g/mol. The number of primary amides is 2. The molecular weight excluding hydrogens is 831 g/mol. The first-order valence-electron chi connectivity index (χ1n) is 19.7. The molecule has 2 aromatic carbocycles. The Hall–Kier alpha value is -6.26. The van der Waals surface area contributed by atoms with Crippen LogP contribution >= 0.6 is 11.8 Å². The average Bonchev–Trinajstić information content (AvgIpc) is 3.73. The maximum atomic E-state index is 14.0. The number of carboxylic acids is 1. The highest BCUT2D eigenvalue weighted by Crippen LogP contribution is 2.20. The maximum absolute atomic E-state index is 14.0. The Morgan fingerprint density at radius 2 is 1.26 bits per heavy atom. The molecule has 7 atom stereocenters. The van der Waals surface area contributed by atoms with Gasteiger partial charge in [0.1, 0.15) is 42.0 Å². The quantitative estimate of drug-likeness (QED) is 0.0471. The molecule has 8 amide bonds. The van der Waals surface area contributed by atoms with Crippen LogP contribution in [0, 0.1) is 0 Å². The first-order chi connectivity index (χ1) is 29.4. The van der Waals surface area contributed by atoms with Crippen LogP contribution in [-0.2, 0) is 56.0 Å². The summed E-state index contributed by atoms with van der Waals surface area (Å²) in [6, 6.07) is 3.95. The SMILES string of the molecule is CSCC[C@H](N)C(=O)N1CCC[C@H]1C(=O)N[C@@H](CO)C(=O)N[C@@H](Cc1ccccc1)C(=O)N[C@@H](CC(N)=O)C(=O)N[C@@H](Cc1ccc(O)cc1)C(=O)N[C@@H](CCC(N)=O)C(=O)O. The number of aliphatic hydroxyl groups is 1. The number of amides is 8. The van der Waals surface area contributed by atoms with Crippen molar-refractivity contribution in [1.82, 2.24) is 31.5 Å². The zero-order chi connectivity index (χ0) is 45.9. The average molecular weight is 886 g/mol. The number of aromatic hydroxyl groups is 1. The second-order valence-electron chi connectivity index (χ2n) is 14.6. The van der Waals surface area contributed by atoms with E-state index in [4.69, 9.17) is 17.2 Å². The van der Waals surface area contributed by atoms with Crippen LogP contribution in [0.15, 0.2) is 54.6 Å². The van der Waals surface area contributed by atoms with E-state index in [1.54, 1.807) is 30.3 Å². The molecule has 1 fully saturated rings. The number of aliphatic carboxylic acids is 1. The predicted molar refractivity (Wildman–Crippen MR) is 224 cm³/mol. The van der Waals surface area contributed by atoms with Crippen LogP contribution < -0.4 is 43.8 Å². The van der Waals surface area contributed by atoms with Crippen molar-refractivity contribution >= 4 is 65.0 Å². The van der Waals surface area contributed by atoms with E-state index in [1.165, 1.54) is 40.9 Å². The fourth-order valence-electron chi connectivity index (χ4n) is 6.53. The topological polar surface area (TPSA) is 356 Å². The summed E-state index contributed by atoms with van der Waals surface area (Å²) >= 11 is 1.51. The van der Waals surface area contributed by atoms with Crippen LogP contribution in [0.2, 0.25) is 0 Å². The summed E-state index contributed by atoms with van der Waals surface area (Å²) in [7, 11) is 0. The number of nitrogens with two attached hydrogens (primary N) is 3. The number of hydrogen-bond donors (Lipinski definition) is 11. The molecule has 1 aliphatic rings. The summed E-state index contributed by atoms with van der Waals surface area (Å²) < 4.78 is 0. The molecule has 22 heteroatoms. The Kier molecular flexibility index (Phi) is 20.1. The molecule has 21 nitrogen and oxygen atoms in total. The lowest BCUT2D eigenvalue weighted by molar-refractivity contribution is -0.142. The fourth-order valence-corrected chi connectivity index (χ4v) is 7.02. The van der Waals surface area contributed by atoms with Gasteiger partial charge in [0.2, 0.25) is 47.3 Å². The molecule has 62 heavy (non-hydrogen) atoms. The van der Waals surface area contributed by atoms with Gasteiger partial charge in [0, 0.05) is 25.8 Å². The highest BCUT2D eigenvalue weighted by atomic mass is 32.2. The van der Waals surface area contributed by atoms with E-state index in [9.17, 15) is 58.5 Å². The smallest absolute Gasteiger partial charge is 0.326 e. The van der Waals surface area contributed by atoms with E-state index < -0.39 is 109 Å². The minimum atomic E-state index is -1.77. The van der Waals surface area contributed by atoms with Crippen LogP contribution in [0.3, 0.4) is 0 Å². The molecule has 338 valence electrons. The number of rotatable bonds is 25. The van der Waals surface area contributed by atoms with Crippen molar-refractivity contribution in [2.75, 3.05) is 25.2 Å². The second kappa shape index (κ2) is 24.9. The third kappa shape index (κ3) is 16.0. The van der Waals surface area contributed by atoms with Gasteiger partial charge < -0.3 is 64.0 Å². The van der Waals surface area contributed by atoms with Crippen molar-refractivity contribution in [1.29, 1.82) is 0 Å². The Labute approximate surface area is 361 Å². The lowest BCUT2D eigenvalue weighted by Crippen LogP contribution is -2.61. The van der Waals surface area contributed by atoms with Gasteiger partial charge in [-0.05, 0) is 61.0 Å². The predicted octanol–water partition coefficient (Wildman–Crippen LogP) is -3.11. The van der Waals surface area contributed by atoms with Gasteiger partial charge in [-0.2, -0.15) is 11.8 Å². The number of phenolic OH excluding ortho intramolecular Hbond substituents is 1. The lowest BCUT2D eigenvalue weighted by atomic mass is 10.0. The van der Waals surface area contributed by atoms with Gasteiger partial charge in [0.15, 0.2) is 0 Å². The number of nitrogens with one attached hydrogen (secondary N) is 5. The molecule has 1 aliphatic heterocycles. The van der Waals surface area contributed by atoms with Gasteiger partial charge in [-0.25, -0.2) is 4.79 Å². The van der Waals surface area contributed by atoms with Crippen LogP contribution in [0.5, 0.6) is 5.75 Å². The third-order valence-corrected chi connectivity index (χ3v) is 10.5. The summed E-state index contributed by atoms with van der Waals surface area (Å²) in [5, 5.41) is 41.6. The molecule has 0 spiro atoms. The van der Waals surface area contributed by atoms with E-state index in [-0.39, 0.29) is 44.4 Å². The number of nitrogens with zero attached hydrogens (tertiary/aromatic N) is 1. The Balaban J connectivity index is 1.85. The maximum Gasteiger partial charge on any atom is 0.326 e. The van der Waals surface area contributed by atoms with E-state index in [1.807, 2.05) is 6.26 Å². The van der Waals surface area contributed by atoms with Crippen LogP contribution in [0.1, 0.15) is 49.7 Å². The van der Waals surface area contributed by atoms with Crippen molar-refractivity contribution < 1.29 is 58.5 Å². The van der Waals surface area contributed by atoms with Crippen LogP contribution in [-0.4, -0.2) is 141 Å². The van der Waals surface area contributed by atoms with Crippen LogP contribution in [0.4, 0.5) is 0 Å². The van der Waals surface area contributed by atoms with Gasteiger partial charge in [-0.15, -0.1) is 0 Å². The number of thioether (sulfide) groups is 1. The van der Waals surface area contributed by atoms with Crippen LogP contribution in [0.25, 0.3) is 0 Å². The fraction of sp³-hybridized carbons (Fsp3) is 0.475. The summed E-state index contributed by atoms with van der Waals surface area (Å²) in [4.78, 5) is 118. The highest BCUT2D eigenvalue weighted by Gasteiger charge is 2.38. The summed E-state index contributed by atoms with van der Waals surface area (Å²) in [6.07, 6.45) is 0.989. The number of carbonyl (C=O) groups excluding carboxylic acids is 8. The lowest BCUT2D eigenvalue weighted by Gasteiger charge is -2.29. The standard InChI is InChI=1S/C40H55N9O12S/c1-62-17-15-25(41)39(59)49-16-5-8-31(49)38(58)48-30(21-50)37(57)46-27(18-22-6-3-2-4-7-22)35(55)47-29(20-33(43)53)36(56)45-28(19-23-9-11-24(51)12-10-23)34(54)44-26(40(60)61)13-14-32(42)52/h2-4,6-7,9-12,25-31,50-51H,5,8,13-21,41H2,1H3,(H2,42,52)(H2,43,53)(H,44,54)(H,45,56)(H,46,57)(H,47,55)(H,48,58)(H,60,61)/t25-,26-,27-,28-,29-,30-,31-/m0/s1. The molecule has 1 saturated heterocycles. The molecular formula is C40H55N9O12S. The minimum Gasteiger partial charge on any atom is -0.508 e. The summed E-state index contributed by atoms with van der Waals surface area (Å²) in [5.74, 6) is -8.18. The minimum absolute atomic E-state index is 0.111. The molecule has 3 rings (SSSR count). The van der Waals surface area contributed by atoms with Gasteiger partial charge in [-0.1, -0.05) is 42.5 Å². The zero-order valence-electron chi connectivity index (χ0n) is 34.1. The summed E-state index contributed by atoms with van der Waals surface area (Å²) in [6.45, 7) is -0.644. The van der Waals surface area contributed by atoms with Crippen molar-refractivity contribution in [3.05, 3.63) is 65.7 Å². The van der Waals surface area contributed by atoms with Gasteiger partial charge in [0.05, 0.1) is 19.1 Å². The molecule has 0 unspecified atom stereocenters. The van der Waals surface area contributed by atoms with Gasteiger partial charge >= 0.3 is 5.97 Å². The van der Waals surface area contributed by atoms with E-state index in [0.29, 0.717) is 29.7 Å². The molecule has 0 aromatic heterocycles. The van der Waals surface area contributed by atoms with Crippen molar-refractivity contribution in [3.8, 4) is 5.75 Å². The first-order valence-corrected chi connectivity index (χ1v) is 21.1. The largest absolute Gasteiger partial charge is 0.508 e. The number of likely N-dealkylation sites (tertiary alicyclic amines) is 1. The summed E-state index contributed by atoms with van der Waals surface area (Å²) in [5.41, 5.74) is 17.6. The number of carboxylic acid groups (broad SMARTS) is 1. The molecule has 14 N–H and O–H groups in total. The molecule has 2 aromatic rings. The number of aliphatic hydroxyl groups excluding tert-OH is 1. The van der Waals surface area contributed by atoms with Gasteiger partial charge in [0.25, 0.3) is 0 Å². The third-order valence-electron chi connectivity index (χ3n) is 9.86. The zero-order valence-corrected chi connectivity index (χ0v) is 34.9. The number of hydrogen-bond acceptors (Lipinski definition) is 13. The van der Waals surface area contributed by atoms with E-state index >= 15 is 0 Å².